The van der Waals surface area contributed by atoms with Gasteiger partial charge in [-0.05, 0) is 73.1 Å². The van der Waals surface area contributed by atoms with E-state index in [1.807, 2.05) is 26.0 Å². The van der Waals surface area contributed by atoms with Crippen LogP contribution < -0.4 is 10.1 Å². The molecule has 1 amide bonds. The highest BCUT2D eigenvalue weighted by molar-refractivity contribution is 9.10. The second kappa shape index (κ2) is 9.71. The molecule has 0 saturated carbocycles. The number of hydrogen-bond acceptors (Lipinski definition) is 4. The summed E-state index contributed by atoms with van der Waals surface area (Å²) in [5, 5.41) is 2.79. The number of benzene rings is 3. The van der Waals surface area contributed by atoms with Gasteiger partial charge in [0.05, 0.1) is 16.6 Å². The van der Waals surface area contributed by atoms with Crippen molar-refractivity contribution in [2.45, 2.75) is 20.8 Å². The fourth-order valence-corrected chi connectivity index (χ4v) is 3.61. The van der Waals surface area contributed by atoms with Crippen LogP contribution in [0.25, 0.3) is 0 Å². The Hall–Kier alpha value is -3.25. The molecule has 0 bridgehead atoms. The summed E-state index contributed by atoms with van der Waals surface area (Å²) in [5.41, 5.74) is 3.28. The number of halogens is 1. The van der Waals surface area contributed by atoms with Crippen molar-refractivity contribution in [1.29, 1.82) is 0 Å². The first-order valence-corrected chi connectivity index (χ1v) is 10.6. The van der Waals surface area contributed by atoms with Crippen LogP contribution in [0.1, 0.15) is 57.5 Å². The largest absolute Gasteiger partial charge is 0.492 e. The fraction of sp³-hybridized carbons (Fsp3) is 0.160. The monoisotopic (exact) mass is 481 g/mol. The normalized spacial score (nSPS) is 10.5. The summed E-state index contributed by atoms with van der Waals surface area (Å²) in [5.74, 6) is -0.259. The number of ketones is 2. The van der Waals surface area contributed by atoms with E-state index in [2.05, 4.69) is 21.2 Å². The summed E-state index contributed by atoms with van der Waals surface area (Å²) >= 11 is 3.44. The van der Waals surface area contributed by atoms with Crippen molar-refractivity contribution in [3.05, 3.63) is 93.0 Å². The van der Waals surface area contributed by atoms with Crippen LogP contribution in [0.4, 0.5) is 5.69 Å². The van der Waals surface area contributed by atoms with Crippen molar-refractivity contribution in [3.63, 3.8) is 0 Å². The topological polar surface area (TPSA) is 72.5 Å². The van der Waals surface area contributed by atoms with Gasteiger partial charge in [-0.3, -0.25) is 14.4 Å². The van der Waals surface area contributed by atoms with Gasteiger partial charge >= 0.3 is 0 Å². The number of anilines is 1. The Labute approximate surface area is 191 Å². The van der Waals surface area contributed by atoms with Crippen LogP contribution in [-0.4, -0.2) is 24.1 Å². The highest BCUT2D eigenvalue weighted by Crippen LogP contribution is 2.33. The minimum atomic E-state index is -0.378. The van der Waals surface area contributed by atoms with Crippen LogP contribution in [0.15, 0.2) is 65.1 Å². The summed E-state index contributed by atoms with van der Waals surface area (Å²) in [6.07, 6.45) is 0. The fourth-order valence-electron chi connectivity index (χ4n) is 3.04. The summed E-state index contributed by atoms with van der Waals surface area (Å²) in [4.78, 5) is 37.5. The number of Topliss-reactive ketones (excluding diaryl/α,β-unsaturated/α-hetero) is 1. The van der Waals surface area contributed by atoms with Gasteiger partial charge < -0.3 is 10.1 Å². The molecule has 6 heteroatoms. The maximum absolute atomic E-state index is 13.2. The van der Waals surface area contributed by atoms with Gasteiger partial charge in [0.25, 0.3) is 5.91 Å². The predicted molar refractivity (Wildman–Crippen MR) is 126 cm³/mol. The highest BCUT2D eigenvalue weighted by atomic mass is 79.9. The van der Waals surface area contributed by atoms with E-state index in [0.717, 1.165) is 5.56 Å². The zero-order valence-corrected chi connectivity index (χ0v) is 19.1. The van der Waals surface area contributed by atoms with Crippen LogP contribution in [0, 0.1) is 6.92 Å². The Morgan fingerprint density at radius 1 is 0.935 bits per heavy atom. The first-order chi connectivity index (χ1) is 14.8. The molecule has 0 aromatic heterocycles. The van der Waals surface area contributed by atoms with E-state index in [-0.39, 0.29) is 18.9 Å². The zero-order chi connectivity index (χ0) is 22.5. The third-order valence-electron chi connectivity index (χ3n) is 4.70. The Morgan fingerprint density at radius 3 is 2.13 bits per heavy atom. The van der Waals surface area contributed by atoms with Gasteiger partial charge in [0, 0.05) is 23.8 Å². The molecule has 0 atom stereocenters. The summed E-state index contributed by atoms with van der Waals surface area (Å²) in [6, 6.07) is 17.0. The number of aryl methyl sites for hydroxylation is 1. The van der Waals surface area contributed by atoms with Crippen LogP contribution in [-0.2, 0) is 0 Å². The van der Waals surface area contributed by atoms with Gasteiger partial charge in [0.2, 0.25) is 0 Å². The smallest absolute Gasteiger partial charge is 0.255 e. The first kappa shape index (κ1) is 22.4. The molecule has 0 radical (unpaired) electrons. The van der Waals surface area contributed by atoms with E-state index in [1.54, 1.807) is 42.5 Å². The van der Waals surface area contributed by atoms with E-state index >= 15 is 0 Å². The molecule has 0 unspecified atom stereocenters. The van der Waals surface area contributed by atoms with Crippen molar-refractivity contribution >= 4 is 39.1 Å². The number of carbonyl (C=O) groups excluding carboxylic acids is 3. The minimum Gasteiger partial charge on any atom is -0.492 e. The lowest BCUT2D eigenvalue weighted by molar-refractivity contribution is 0.101. The SMILES string of the molecule is CCOc1c(Br)cc(C(=O)Nc2ccc(C(C)=O)cc2)cc1C(=O)c1ccc(C)cc1.[HH]. The van der Waals surface area contributed by atoms with Gasteiger partial charge in [-0.2, -0.15) is 0 Å². The highest BCUT2D eigenvalue weighted by Gasteiger charge is 2.21. The third kappa shape index (κ3) is 5.27. The second-order valence-electron chi connectivity index (χ2n) is 7.05. The molecule has 0 aliphatic rings. The molecule has 3 aromatic carbocycles. The van der Waals surface area contributed by atoms with E-state index in [0.29, 0.717) is 44.8 Å². The van der Waals surface area contributed by atoms with E-state index in [1.165, 1.54) is 13.0 Å². The van der Waals surface area contributed by atoms with Crippen molar-refractivity contribution < 1.29 is 20.5 Å². The predicted octanol–water partition coefficient (Wildman–Crippen LogP) is 6.09. The maximum atomic E-state index is 13.2. The number of hydrogen-bond donors (Lipinski definition) is 1. The summed E-state index contributed by atoms with van der Waals surface area (Å²) in [7, 11) is 0. The molecule has 31 heavy (non-hydrogen) atoms. The van der Waals surface area contributed by atoms with Gasteiger partial charge in [-0.25, -0.2) is 0 Å². The Morgan fingerprint density at radius 2 is 1.55 bits per heavy atom. The summed E-state index contributed by atoms with van der Waals surface area (Å²) < 4.78 is 6.21. The molecule has 0 fully saturated rings. The van der Waals surface area contributed by atoms with Gasteiger partial charge in [-0.1, -0.05) is 29.8 Å². The molecule has 0 aliphatic heterocycles. The molecule has 5 nitrogen and oxygen atoms in total. The second-order valence-corrected chi connectivity index (χ2v) is 7.90. The third-order valence-corrected chi connectivity index (χ3v) is 5.29. The number of amides is 1. The van der Waals surface area contributed by atoms with Crippen LogP contribution in [0.3, 0.4) is 0 Å². The van der Waals surface area contributed by atoms with Gasteiger partial charge in [-0.15, -0.1) is 0 Å². The molecular weight excluding hydrogens is 458 g/mol. The standard InChI is InChI=1S/C25H22BrNO4.H2/c1-4-31-24-21(23(29)18-7-5-15(2)6-8-18)13-19(14-22(24)26)25(30)27-20-11-9-17(10-12-20)16(3)28;/h5-14H,4H2,1-3H3,(H,27,30);1H. The molecule has 160 valence electrons. The van der Waals surface area contributed by atoms with Crippen molar-refractivity contribution in [2.24, 2.45) is 0 Å². The lowest BCUT2D eigenvalue weighted by Gasteiger charge is -2.14. The minimum absolute atomic E-state index is 0. The van der Waals surface area contributed by atoms with Gasteiger partial charge in [0.15, 0.2) is 11.6 Å². The number of rotatable bonds is 7. The molecular formula is C25H24BrNO4. The van der Waals surface area contributed by atoms with Crippen molar-refractivity contribution in [2.75, 3.05) is 11.9 Å². The van der Waals surface area contributed by atoms with Crippen molar-refractivity contribution in [3.8, 4) is 5.75 Å². The molecule has 0 spiro atoms. The molecule has 3 rings (SSSR count). The Kier molecular flexibility index (Phi) is 7.02. The van der Waals surface area contributed by atoms with Gasteiger partial charge in [0.1, 0.15) is 5.75 Å². The average molecular weight is 482 g/mol. The van der Waals surface area contributed by atoms with Crippen LogP contribution >= 0.6 is 15.9 Å². The maximum Gasteiger partial charge on any atom is 0.255 e. The molecule has 0 heterocycles. The first-order valence-electron chi connectivity index (χ1n) is 9.80. The molecule has 3 aromatic rings. The summed E-state index contributed by atoms with van der Waals surface area (Å²) in [6.45, 7) is 5.64. The Balaban J connectivity index is 0.00000363. The van der Waals surface area contributed by atoms with Crippen molar-refractivity contribution in [1.82, 2.24) is 0 Å². The van der Waals surface area contributed by atoms with E-state index in [9.17, 15) is 14.4 Å². The average Bonchev–Trinajstić information content (AvgIpc) is 2.75. The lowest BCUT2D eigenvalue weighted by atomic mass is 9.99. The lowest BCUT2D eigenvalue weighted by Crippen LogP contribution is -2.14. The number of carbonyl (C=O) groups is 3. The zero-order valence-electron chi connectivity index (χ0n) is 17.5. The number of ether oxygens (including phenoxy) is 1. The molecule has 1 N–H and O–H groups in total. The molecule has 0 aliphatic carbocycles. The quantitative estimate of drug-likeness (QED) is 0.414. The Bertz CT molecular complexity index is 1140. The van der Waals surface area contributed by atoms with E-state index < -0.39 is 0 Å². The number of nitrogens with one attached hydrogen (secondary N) is 1. The van der Waals surface area contributed by atoms with Crippen LogP contribution in [0.2, 0.25) is 0 Å². The van der Waals surface area contributed by atoms with E-state index in [4.69, 9.17) is 4.74 Å². The van der Waals surface area contributed by atoms with Crippen LogP contribution in [0.5, 0.6) is 5.75 Å². The molecule has 0 saturated heterocycles.